The van der Waals surface area contributed by atoms with Gasteiger partial charge in [-0.15, -0.1) is 0 Å². The average molecular weight is 183 g/mol. The van der Waals surface area contributed by atoms with Crippen LogP contribution < -0.4 is 5.32 Å². The molecule has 0 fully saturated rings. The van der Waals surface area contributed by atoms with E-state index < -0.39 is 0 Å². The smallest absolute Gasteiger partial charge is 0.228 e. The van der Waals surface area contributed by atoms with Crippen LogP contribution in [0.5, 0.6) is 0 Å². The van der Waals surface area contributed by atoms with Crippen LogP contribution in [0, 0.1) is 6.92 Å². The number of hydrogen-bond donors (Lipinski definition) is 1. The van der Waals surface area contributed by atoms with Crippen molar-refractivity contribution in [2.24, 2.45) is 0 Å². The molecule has 13 heavy (non-hydrogen) atoms. The molecule has 1 aromatic rings. The zero-order valence-electron chi connectivity index (χ0n) is 8.50. The van der Waals surface area contributed by atoms with Crippen molar-refractivity contribution in [2.75, 3.05) is 6.54 Å². The Morgan fingerprint density at radius 3 is 2.85 bits per heavy atom. The van der Waals surface area contributed by atoms with Gasteiger partial charge in [0.1, 0.15) is 0 Å². The van der Waals surface area contributed by atoms with Crippen molar-refractivity contribution in [3.63, 3.8) is 0 Å². The summed E-state index contributed by atoms with van der Waals surface area (Å²) < 4.78 is 5.01. The number of aromatic nitrogens is 2. The summed E-state index contributed by atoms with van der Waals surface area (Å²) in [4.78, 5) is 4.14. The third-order valence-corrected chi connectivity index (χ3v) is 1.79. The highest BCUT2D eigenvalue weighted by Crippen LogP contribution is 2.00. The van der Waals surface area contributed by atoms with Gasteiger partial charge in [0.2, 0.25) is 5.89 Å². The Labute approximate surface area is 78.7 Å². The minimum absolute atomic E-state index is 0.403. The fourth-order valence-corrected chi connectivity index (χ4v) is 1.15. The highest BCUT2D eigenvalue weighted by Gasteiger charge is 2.07. The van der Waals surface area contributed by atoms with Crippen molar-refractivity contribution in [2.45, 2.75) is 39.7 Å². The van der Waals surface area contributed by atoms with Gasteiger partial charge in [0.15, 0.2) is 5.82 Å². The molecular formula is C9H17N3O. The summed E-state index contributed by atoms with van der Waals surface area (Å²) in [6, 6.07) is 0.403. The molecule has 0 saturated carbocycles. The maximum absolute atomic E-state index is 5.01. The molecule has 0 bridgehead atoms. The Bertz CT molecular complexity index is 247. The van der Waals surface area contributed by atoms with E-state index in [-0.39, 0.29) is 0 Å². The standard InChI is InChI=1S/C9H17N3O/c1-4-5-10-7(2)6-9-11-8(3)12-13-9/h7,10H,4-6H2,1-3H3. The zero-order valence-corrected chi connectivity index (χ0v) is 8.50. The molecule has 0 aromatic carbocycles. The Morgan fingerprint density at radius 2 is 2.31 bits per heavy atom. The van der Waals surface area contributed by atoms with Gasteiger partial charge in [0, 0.05) is 12.5 Å². The maximum atomic E-state index is 5.01. The van der Waals surface area contributed by atoms with Crippen LogP contribution in [0.25, 0.3) is 0 Å². The van der Waals surface area contributed by atoms with Gasteiger partial charge in [0.05, 0.1) is 0 Å². The van der Waals surface area contributed by atoms with Gasteiger partial charge in [-0.25, -0.2) is 0 Å². The lowest BCUT2D eigenvalue weighted by atomic mass is 10.2. The van der Waals surface area contributed by atoms with E-state index in [0.29, 0.717) is 17.8 Å². The van der Waals surface area contributed by atoms with E-state index in [9.17, 15) is 0 Å². The monoisotopic (exact) mass is 183 g/mol. The minimum Gasteiger partial charge on any atom is -0.339 e. The first-order chi connectivity index (χ1) is 6.22. The molecule has 0 saturated heterocycles. The van der Waals surface area contributed by atoms with Crippen molar-refractivity contribution in [3.05, 3.63) is 11.7 Å². The Morgan fingerprint density at radius 1 is 1.54 bits per heavy atom. The van der Waals surface area contributed by atoms with Crippen molar-refractivity contribution in [1.29, 1.82) is 0 Å². The molecule has 4 nitrogen and oxygen atoms in total. The topological polar surface area (TPSA) is 51.0 Å². The van der Waals surface area contributed by atoms with E-state index in [2.05, 4.69) is 29.3 Å². The van der Waals surface area contributed by atoms with Gasteiger partial charge in [0.25, 0.3) is 0 Å². The van der Waals surface area contributed by atoms with E-state index in [4.69, 9.17) is 4.52 Å². The molecule has 1 unspecified atom stereocenters. The van der Waals surface area contributed by atoms with E-state index in [1.165, 1.54) is 0 Å². The fourth-order valence-electron chi connectivity index (χ4n) is 1.15. The fraction of sp³-hybridized carbons (Fsp3) is 0.778. The third-order valence-electron chi connectivity index (χ3n) is 1.79. The van der Waals surface area contributed by atoms with Crippen LogP contribution in [-0.2, 0) is 6.42 Å². The normalized spacial score (nSPS) is 13.2. The molecule has 0 aliphatic carbocycles. The predicted molar refractivity (Wildman–Crippen MR) is 50.5 cm³/mol. The molecular weight excluding hydrogens is 166 g/mol. The third kappa shape index (κ3) is 3.55. The molecule has 4 heteroatoms. The highest BCUT2D eigenvalue weighted by molar-refractivity contribution is 4.85. The van der Waals surface area contributed by atoms with Crippen molar-refractivity contribution >= 4 is 0 Å². The van der Waals surface area contributed by atoms with Gasteiger partial charge >= 0.3 is 0 Å². The zero-order chi connectivity index (χ0) is 9.68. The van der Waals surface area contributed by atoms with E-state index in [1.807, 2.05) is 6.92 Å². The lowest BCUT2D eigenvalue weighted by Gasteiger charge is -2.09. The van der Waals surface area contributed by atoms with Gasteiger partial charge < -0.3 is 9.84 Å². The van der Waals surface area contributed by atoms with Crippen LogP contribution in [0.2, 0.25) is 0 Å². The lowest BCUT2D eigenvalue weighted by molar-refractivity contribution is 0.358. The van der Waals surface area contributed by atoms with Crippen LogP contribution in [0.1, 0.15) is 32.0 Å². The number of rotatable bonds is 5. The SMILES string of the molecule is CCCNC(C)Cc1nc(C)no1. The summed E-state index contributed by atoms with van der Waals surface area (Å²) in [5, 5.41) is 7.10. The van der Waals surface area contributed by atoms with Crippen molar-refractivity contribution in [3.8, 4) is 0 Å². The van der Waals surface area contributed by atoms with E-state index in [0.717, 1.165) is 19.4 Å². The second kappa shape index (κ2) is 4.97. The molecule has 0 spiro atoms. The molecule has 74 valence electrons. The van der Waals surface area contributed by atoms with Crippen LogP contribution in [-0.4, -0.2) is 22.7 Å². The Hall–Kier alpha value is -0.900. The highest BCUT2D eigenvalue weighted by atomic mass is 16.5. The summed E-state index contributed by atoms with van der Waals surface area (Å²) in [7, 11) is 0. The summed E-state index contributed by atoms with van der Waals surface area (Å²) in [6.07, 6.45) is 1.95. The van der Waals surface area contributed by atoms with Crippen molar-refractivity contribution < 1.29 is 4.52 Å². The second-order valence-corrected chi connectivity index (χ2v) is 3.29. The number of nitrogens with one attached hydrogen (secondary N) is 1. The molecule has 1 aromatic heterocycles. The largest absolute Gasteiger partial charge is 0.339 e. The molecule has 0 aliphatic heterocycles. The maximum Gasteiger partial charge on any atom is 0.228 e. The molecule has 1 rings (SSSR count). The Balaban J connectivity index is 2.31. The van der Waals surface area contributed by atoms with E-state index in [1.54, 1.807) is 0 Å². The molecule has 1 atom stereocenters. The van der Waals surface area contributed by atoms with E-state index >= 15 is 0 Å². The van der Waals surface area contributed by atoms with Gasteiger partial charge in [-0.1, -0.05) is 12.1 Å². The minimum atomic E-state index is 0.403. The summed E-state index contributed by atoms with van der Waals surface area (Å²) in [5.74, 6) is 1.42. The number of nitrogens with zero attached hydrogens (tertiary/aromatic N) is 2. The molecule has 0 aliphatic rings. The van der Waals surface area contributed by atoms with Gasteiger partial charge in [-0.2, -0.15) is 4.98 Å². The molecule has 1 heterocycles. The molecule has 1 N–H and O–H groups in total. The first-order valence-electron chi connectivity index (χ1n) is 4.75. The number of aryl methyl sites for hydroxylation is 1. The predicted octanol–water partition coefficient (Wildman–Crippen LogP) is 1.31. The van der Waals surface area contributed by atoms with Crippen molar-refractivity contribution in [1.82, 2.24) is 15.5 Å². The second-order valence-electron chi connectivity index (χ2n) is 3.29. The quantitative estimate of drug-likeness (QED) is 0.747. The summed E-state index contributed by atoms with van der Waals surface area (Å²) in [5.41, 5.74) is 0. The lowest BCUT2D eigenvalue weighted by Crippen LogP contribution is -2.28. The Kier molecular flexibility index (Phi) is 3.89. The summed E-state index contributed by atoms with van der Waals surface area (Å²) in [6.45, 7) is 7.14. The average Bonchev–Trinajstić information content (AvgIpc) is 2.48. The van der Waals surface area contributed by atoms with Crippen LogP contribution >= 0.6 is 0 Å². The van der Waals surface area contributed by atoms with Gasteiger partial charge in [-0.3, -0.25) is 0 Å². The molecule has 0 amide bonds. The van der Waals surface area contributed by atoms with Gasteiger partial charge in [-0.05, 0) is 26.8 Å². The van der Waals surface area contributed by atoms with Crippen LogP contribution in [0.15, 0.2) is 4.52 Å². The first-order valence-corrected chi connectivity index (χ1v) is 4.75. The first kappa shape index (κ1) is 10.2. The van der Waals surface area contributed by atoms with Crippen LogP contribution in [0.4, 0.5) is 0 Å². The van der Waals surface area contributed by atoms with Crippen LogP contribution in [0.3, 0.4) is 0 Å². The molecule has 0 radical (unpaired) electrons. The number of hydrogen-bond acceptors (Lipinski definition) is 4. The summed E-state index contributed by atoms with van der Waals surface area (Å²) >= 11 is 0.